The van der Waals surface area contributed by atoms with Gasteiger partial charge in [-0.05, 0) is 19.1 Å². The molecule has 0 radical (unpaired) electrons. The zero-order valence-electron chi connectivity index (χ0n) is 11.8. The lowest BCUT2D eigenvalue weighted by molar-refractivity contribution is 0.340. The third-order valence-corrected chi connectivity index (χ3v) is 4.12. The summed E-state index contributed by atoms with van der Waals surface area (Å²) in [6.07, 6.45) is 2.94. The maximum Gasteiger partial charge on any atom is 0.215 e. The molecule has 0 bridgehead atoms. The summed E-state index contributed by atoms with van der Waals surface area (Å²) < 4.78 is 33.0. The highest BCUT2D eigenvalue weighted by molar-refractivity contribution is 7.89. The fraction of sp³-hybridized carbons (Fsp3) is 0.385. The molecule has 1 heterocycles. The molecule has 0 saturated heterocycles. The Labute approximate surface area is 124 Å². The van der Waals surface area contributed by atoms with E-state index in [1.54, 1.807) is 4.68 Å². The Morgan fingerprint density at radius 3 is 2.71 bits per heavy atom. The van der Waals surface area contributed by atoms with E-state index in [0.29, 0.717) is 12.3 Å². The Bertz CT molecular complexity index is 639. The quantitative estimate of drug-likeness (QED) is 0.771. The van der Waals surface area contributed by atoms with Gasteiger partial charge in [-0.15, -0.1) is 0 Å². The summed E-state index contributed by atoms with van der Waals surface area (Å²) >= 11 is 0. The summed E-state index contributed by atoms with van der Waals surface area (Å²) in [5.41, 5.74) is 1.13. The van der Waals surface area contributed by atoms with Crippen molar-refractivity contribution in [2.75, 3.05) is 18.9 Å². The number of ether oxygens (including phenoxy) is 1. The fourth-order valence-corrected chi connectivity index (χ4v) is 2.49. The first-order chi connectivity index (χ1) is 10.1. The molecule has 21 heavy (non-hydrogen) atoms. The molecule has 0 saturated carbocycles. The molecule has 0 unspecified atom stereocenters. The van der Waals surface area contributed by atoms with E-state index in [1.807, 2.05) is 31.2 Å². The highest BCUT2D eigenvalue weighted by Crippen LogP contribution is 2.11. The molecule has 114 valence electrons. The summed E-state index contributed by atoms with van der Waals surface area (Å²) in [7, 11) is -3.35. The lowest BCUT2D eigenvalue weighted by Gasteiger charge is -2.08. The van der Waals surface area contributed by atoms with Crippen LogP contribution in [0.15, 0.2) is 36.9 Å². The minimum absolute atomic E-state index is 0.0851. The monoisotopic (exact) mass is 310 g/mol. The average molecular weight is 310 g/mol. The minimum atomic E-state index is -3.35. The summed E-state index contributed by atoms with van der Waals surface area (Å²) in [5, 5.41) is 3.89. The number of rotatable bonds is 8. The first kappa shape index (κ1) is 15.5. The van der Waals surface area contributed by atoms with Crippen molar-refractivity contribution < 1.29 is 13.2 Å². The molecular weight excluding hydrogens is 292 g/mol. The van der Waals surface area contributed by atoms with Gasteiger partial charge in [0.2, 0.25) is 10.0 Å². The van der Waals surface area contributed by atoms with Crippen molar-refractivity contribution in [1.29, 1.82) is 0 Å². The van der Waals surface area contributed by atoms with Gasteiger partial charge in [-0.3, -0.25) is 4.68 Å². The molecule has 1 aromatic heterocycles. The maximum atomic E-state index is 11.8. The van der Waals surface area contributed by atoms with Crippen molar-refractivity contribution in [2.24, 2.45) is 0 Å². The predicted molar refractivity (Wildman–Crippen MR) is 78.5 cm³/mol. The molecule has 1 N–H and O–H groups in total. The molecule has 0 amide bonds. The molecule has 2 aromatic rings. The number of aryl methyl sites for hydroxylation is 1. The van der Waals surface area contributed by atoms with Crippen LogP contribution in [0, 0.1) is 6.92 Å². The van der Waals surface area contributed by atoms with Gasteiger partial charge in [0, 0.05) is 6.54 Å². The number of hydrogen-bond donors (Lipinski definition) is 1. The van der Waals surface area contributed by atoms with Crippen molar-refractivity contribution in [2.45, 2.75) is 13.5 Å². The van der Waals surface area contributed by atoms with Gasteiger partial charge in [0.1, 0.15) is 25.0 Å². The number of hydrogen-bond acceptors (Lipinski definition) is 5. The largest absolute Gasteiger partial charge is 0.492 e. The fourth-order valence-electron chi connectivity index (χ4n) is 1.64. The normalized spacial score (nSPS) is 11.5. The molecule has 0 spiro atoms. The summed E-state index contributed by atoms with van der Waals surface area (Å²) in [6, 6.07) is 7.47. The van der Waals surface area contributed by atoms with E-state index >= 15 is 0 Å². The van der Waals surface area contributed by atoms with Gasteiger partial charge in [-0.25, -0.2) is 18.1 Å². The van der Waals surface area contributed by atoms with E-state index in [1.165, 1.54) is 12.7 Å². The van der Waals surface area contributed by atoms with E-state index in [4.69, 9.17) is 4.74 Å². The molecule has 1 aromatic carbocycles. The Morgan fingerprint density at radius 2 is 2.05 bits per heavy atom. The molecule has 0 aliphatic carbocycles. The maximum absolute atomic E-state index is 11.8. The molecule has 7 nitrogen and oxygen atoms in total. The van der Waals surface area contributed by atoms with Crippen LogP contribution in [0.3, 0.4) is 0 Å². The minimum Gasteiger partial charge on any atom is -0.492 e. The smallest absolute Gasteiger partial charge is 0.215 e. The van der Waals surface area contributed by atoms with E-state index in [-0.39, 0.29) is 18.9 Å². The highest BCUT2D eigenvalue weighted by Gasteiger charge is 2.10. The predicted octanol–water partition coefficient (Wildman–Crippen LogP) is 0.585. The number of nitrogens with one attached hydrogen (secondary N) is 1. The number of benzene rings is 1. The number of sulfonamides is 1. The molecular formula is C13H18N4O3S. The molecule has 2 rings (SSSR count). The van der Waals surface area contributed by atoms with Crippen molar-refractivity contribution in [1.82, 2.24) is 19.5 Å². The SMILES string of the molecule is Cc1ccc(OCCS(=O)(=O)NCCn2cncn2)cc1. The van der Waals surface area contributed by atoms with Crippen LogP contribution in [0.4, 0.5) is 0 Å². The Hall–Kier alpha value is -1.93. The first-order valence-corrected chi connectivity index (χ1v) is 8.20. The highest BCUT2D eigenvalue weighted by atomic mass is 32.2. The van der Waals surface area contributed by atoms with Crippen molar-refractivity contribution in [3.05, 3.63) is 42.5 Å². The topological polar surface area (TPSA) is 86.1 Å². The van der Waals surface area contributed by atoms with Crippen LogP contribution in [-0.4, -0.2) is 42.1 Å². The summed E-state index contributed by atoms with van der Waals surface area (Å²) in [6.45, 7) is 2.81. The summed E-state index contributed by atoms with van der Waals surface area (Å²) in [5.74, 6) is 0.580. The van der Waals surface area contributed by atoms with E-state index in [0.717, 1.165) is 5.56 Å². The lowest BCUT2D eigenvalue weighted by Crippen LogP contribution is -2.31. The van der Waals surface area contributed by atoms with E-state index in [9.17, 15) is 8.42 Å². The van der Waals surface area contributed by atoms with Crippen LogP contribution in [0.1, 0.15) is 5.56 Å². The summed E-state index contributed by atoms with van der Waals surface area (Å²) in [4.78, 5) is 3.78. The second kappa shape index (κ2) is 7.19. The van der Waals surface area contributed by atoms with Crippen LogP contribution in [0.25, 0.3) is 0 Å². The van der Waals surface area contributed by atoms with Gasteiger partial charge in [-0.2, -0.15) is 5.10 Å². The van der Waals surface area contributed by atoms with Gasteiger partial charge in [-0.1, -0.05) is 17.7 Å². The van der Waals surface area contributed by atoms with Crippen molar-refractivity contribution in [3.8, 4) is 5.75 Å². The van der Waals surface area contributed by atoms with Gasteiger partial charge >= 0.3 is 0 Å². The standard InChI is InChI=1S/C13H18N4O3S/c1-12-2-4-13(5-3-12)20-8-9-21(18,19)16-6-7-17-11-14-10-15-17/h2-5,10-11,16H,6-9H2,1H3. The number of nitrogens with zero attached hydrogens (tertiary/aromatic N) is 3. The van der Waals surface area contributed by atoms with Crippen LogP contribution in [0.5, 0.6) is 5.75 Å². The molecule has 8 heteroatoms. The number of aromatic nitrogens is 3. The third-order valence-electron chi connectivity index (χ3n) is 2.77. The zero-order valence-corrected chi connectivity index (χ0v) is 12.6. The van der Waals surface area contributed by atoms with Gasteiger partial charge in [0.25, 0.3) is 0 Å². The average Bonchev–Trinajstić information content (AvgIpc) is 2.94. The van der Waals surface area contributed by atoms with E-state index in [2.05, 4.69) is 14.8 Å². The third kappa shape index (κ3) is 5.52. The van der Waals surface area contributed by atoms with Crippen LogP contribution < -0.4 is 9.46 Å². The Kier molecular flexibility index (Phi) is 5.29. The second-order valence-electron chi connectivity index (χ2n) is 4.53. The van der Waals surface area contributed by atoms with Crippen molar-refractivity contribution >= 4 is 10.0 Å². The van der Waals surface area contributed by atoms with Gasteiger partial charge < -0.3 is 4.74 Å². The van der Waals surface area contributed by atoms with Crippen LogP contribution in [0.2, 0.25) is 0 Å². The second-order valence-corrected chi connectivity index (χ2v) is 6.46. The molecule has 0 fully saturated rings. The van der Waals surface area contributed by atoms with Gasteiger partial charge in [0.15, 0.2) is 0 Å². The lowest BCUT2D eigenvalue weighted by atomic mass is 10.2. The molecule has 0 aliphatic rings. The molecule has 0 atom stereocenters. The Morgan fingerprint density at radius 1 is 1.29 bits per heavy atom. The zero-order chi connectivity index (χ0) is 15.1. The van der Waals surface area contributed by atoms with Crippen LogP contribution >= 0.6 is 0 Å². The molecule has 0 aliphatic heterocycles. The van der Waals surface area contributed by atoms with Crippen LogP contribution in [-0.2, 0) is 16.6 Å². The first-order valence-electron chi connectivity index (χ1n) is 6.54. The van der Waals surface area contributed by atoms with Crippen molar-refractivity contribution in [3.63, 3.8) is 0 Å². The van der Waals surface area contributed by atoms with E-state index < -0.39 is 10.0 Å². The Balaban J connectivity index is 1.69. The van der Waals surface area contributed by atoms with Gasteiger partial charge in [0.05, 0.1) is 12.3 Å².